The molecule has 0 aliphatic heterocycles. The average Bonchev–Trinajstić information content (AvgIpc) is 2.29. The van der Waals surface area contributed by atoms with Gasteiger partial charge in [-0.05, 0) is 38.8 Å². The van der Waals surface area contributed by atoms with E-state index in [-0.39, 0.29) is 5.54 Å². The van der Waals surface area contributed by atoms with Crippen LogP contribution in [0.3, 0.4) is 0 Å². The zero-order valence-corrected chi connectivity index (χ0v) is 15.2. The SMILES string of the molecule is CC1=C(C)C([Si](Cl)(Cl)[Si](Cl)(Cl)Cl)C(C)=C1C. The topological polar surface area (TPSA) is 0 Å². The lowest BCUT2D eigenvalue weighted by atomic mass is 10.1. The lowest BCUT2D eigenvalue weighted by Gasteiger charge is -2.31. The highest BCUT2D eigenvalue weighted by atomic mass is 35.9. The van der Waals surface area contributed by atoms with E-state index in [2.05, 4.69) is 13.8 Å². The standard InChI is InChI=1S/C9H13Cl5Si2/c1-5-6(2)8(4)9(7(5)3)15(10,11)16(12,13)14/h9H,1-4H3. The lowest BCUT2D eigenvalue weighted by Crippen LogP contribution is -2.47. The van der Waals surface area contributed by atoms with Crippen molar-refractivity contribution in [3.05, 3.63) is 22.3 Å². The summed E-state index contributed by atoms with van der Waals surface area (Å²) in [5, 5.41) is 0. The second kappa shape index (κ2) is 4.80. The molecule has 16 heavy (non-hydrogen) atoms. The van der Waals surface area contributed by atoms with E-state index in [1.165, 1.54) is 11.1 Å². The van der Waals surface area contributed by atoms with Crippen LogP contribution in [0.25, 0.3) is 0 Å². The first kappa shape index (κ1) is 15.4. The quantitative estimate of drug-likeness (QED) is 0.441. The predicted octanol–water partition coefficient (Wildman–Crippen LogP) is 5.70. The van der Waals surface area contributed by atoms with Crippen molar-refractivity contribution in [2.45, 2.75) is 33.2 Å². The molecule has 92 valence electrons. The van der Waals surface area contributed by atoms with E-state index in [4.69, 9.17) is 55.4 Å². The van der Waals surface area contributed by atoms with Crippen molar-refractivity contribution in [1.29, 1.82) is 0 Å². The van der Waals surface area contributed by atoms with Gasteiger partial charge in [-0.25, -0.2) is 0 Å². The summed E-state index contributed by atoms with van der Waals surface area (Å²) in [6, 6.07) is 0. The van der Waals surface area contributed by atoms with Crippen LogP contribution < -0.4 is 0 Å². The van der Waals surface area contributed by atoms with Gasteiger partial charge in [0.15, 0.2) is 0 Å². The summed E-state index contributed by atoms with van der Waals surface area (Å²) in [5.41, 5.74) is 1.65. The summed E-state index contributed by atoms with van der Waals surface area (Å²) in [7, 11) is 0. The lowest BCUT2D eigenvalue weighted by molar-refractivity contribution is 1.11. The third-order valence-corrected chi connectivity index (χ3v) is 28.5. The molecule has 0 bridgehead atoms. The number of hydrogen-bond acceptors (Lipinski definition) is 0. The van der Waals surface area contributed by atoms with Gasteiger partial charge in [-0.2, -0.15) is 0 Å². The van der Waals surface area contributed by atoms with Crippen molar-refractivity contribution in [2.24, 2.45) is 0 Å². The minimum atomic E-state index is -3.07. The highest BCUT2D eigenvalue weighted by Crippen LogP contribution is 2.55. The van der Waals surface area contributed by atoms with Gasteiger partial charge in [0.1, 0.15) is 0 Å². The largest absolute Gasteiger partial charge is 0.359 e. The fourth-order valence-corrected chi connectivity index (χ4v) is 11.1. The Hall–Kier alpha value is 1.36. The van der Waals surface area contributed by atoms with Gasteiger partial charge >= 0.3 is 11.7 Å². The van der Waals surface area contributed by atoms with Gasteiger partial charge in [0, 0.05) is 5.54 Å². The van der Waals surface area contributed by atoms with E-state index >= 15 is 0 Å². The molecular weight excluding hydrogens is 342 g/mol. The van der Waals surface area contributed by atoms with Gasteiger partial charge in [-0.3, -0.25) is 0 Å². The maximum atomic E-state index is 6.44. The van der Waals surface area contributed by atoms with E-state index < -0.39 is 11.7 Å². The Bertz CT molecular complexity index is 354. The van der Waals surface area contributed by atoms with Gasteiger partial charge in [-0.1, -0.05) is 11.1 Å². The van der Waals surface area contributed by atoms with Crippen molar-refractivity contribution in [3.63, 3.8) is 0 Å². The van der Waals surface area contributed by atoms with E-state index in [0.717, 1.165) is 11.1 Å². The summed E-state index contributed by atoms with van der Waals surface area (Å²) in [6.07, 6.45) is -2.92. The number of rotatable bonds is 2. The molecule has 0 saturated heterocycles. The molecule has 0 aromatic rings. The Labute approximate surface area is 122 Å². The zero-order valence-electron chi connectivity index (χ0n) is 9.47. The summed E-state index contributed by atoms with van der Waals surface area (Å²) < 4.78 is 0. The van der Waals surface area contributed by atoms with Crippen molar-refractivity contribution in [3.8, 4) is 0 Å². The first-order chi connectivity index (χ1) is 7.01. The Kier molecular flexibility index (Phi) is 4.63. The second-order valence-corrected chi connectivity index (χ2v) is 27.4. The fraction of sp³-hybridized carbons (Fsp3) is 0.556. The maximum absolute atomic E-state index is 6.44. The van der Waals surface area contributed by atoms with E-state index in [9.17, 15) is 0 Å². The molecule has 0 atom stereocenters. The van der Waals surface area contributed by atoms with Crippen LogP contribution in [0.15, 0.2) is 22.3 Å². The van der Waals surface area contributed by atoms with Crippen molar-refractivity contribution >= 4 is 67.1 Å². The molecule has 1 aliphatic rings. The van der Waals surface area contributed by atoms with Crippen LogP contribution in [0.4, 0.5) is 0 Å². The molecule has 0 amide bonds. The summed E-state index contributed by atoms with van der Waals surface area (Å²) in [6.45, 7) is 8.17. The molecule has 7 heteroatoms. The molecule has 0 aromatic carbocycles. The molecule has 0 nitrogen and oxygen atoms in total. The average molecular weight is 355 g/mol. The molecule has 0 aromatic heterocycles. The van der Waals surface area contributed by atoms with Crippen molar-refractivity contribution < 1.29 is 0 Å². The van der Waals surface area contributed by atoms with Crippen LogP contribution >= 0.6 is 55.4 Å². The van der Waals surface area contributed by atoms with Crippen LogP contribution in [0.5, 0.6) is 0 Å². The molecular formula is C9H13Cl5Si2. The van der Waals surface area contributed by atoms with Crippen molar-refractivity contribution in [1.82, 2.24) is 0 Å². The molecule has 0 radical (unpaired) electrons. The summed E-state index contributed by atoms with van der Waals surface area (Å²) in [4.78, 5) is 0. The first-order valence-electron chi connectivity index (χ1n) is 4.81. The molecule has 0 heterocycles. The highest BCUT2D eigenvalue weighted by Gasteiger charge is 2.60. The maximum Gasteiger partial charge on any atom is 0.359 e. The van der Waals surface area contributed by atoms with Gasteiger partial charge in [0.25, 0.3) is 0 Å². The molecule has 0 fully saturated rings. The van der Waals surface area contributed by atoms with Crippen LogP contribution in [0.1, 0.15) is 27.7 Å². The summed E-state index contributed by atoms with van der Waals surface area (Å²) >= 11 is 31.0. The Morgan fingerprint density at radius 2 is 1.06 bits per heavy atom. The molecule has 0 spiro atoms. The van der Waals surface area contributed by atoms with Crippen molar-refractivity contribution in [2.75, 3.05) is 0 Å². The zero-order chi connectivity index (χ0) is 12.9. The van der Waals surface area contributed by atoms with E-state index in [1.54, 1.807) is 0 Å². The molecule has 0 N–H and O–H groups in total. The molecule has 1 aliphatic carbocycles. The summed E-state index contributed by atoms with van der Waals surface area (Å²) in [5.74, 6) is 0. The van der Waals surface area contributed by atoms with Gasteiger partial charge in [0.2, 0.25) is 0 Å². The van der Waals surface area contributed by atoms with Crippen LogP contribution in [-0.2, 0) is 0 Å². The number of hydrogen-bond donors (Lipinski definition) is 0. The van der Waals surface area contributed by atoms with Crippen LogP contribution in [0, 0.1) is 0 Å². The Morgan fingerprint density at radius 1 is 0.750 bits per heavy atom. The normalized spacial score (nSPS) is 20.1. The highest BCUT2D eigenvalue weighted by molar-refractivity contribution is 8.02. The number of allylic oxidation sites excluding steroid dienone is 4. The fourth-order valence-electron chi connectivity index (χ4n) is 2.06. The molecule has 1 rings (SSSR count). The van der Waals surface area contributed by atoms with E-state index in [1.807, 2.05) is 13.8 Å². The van der Waals surface area contributed by atoms with Crippen LogP contribution in [-0.4, -0.2) is 11.7 Å². The third kappa shape index (κ3) is 2.40. The van der Waals surface area contributed by atoms with Crippen LogP contribution in [0.2, 0.25) is 5.54 Å². The number of halogens is 5. The Balaban J connectivity index is 3.28. The van der Waals surface area contributed by atoms with Gasteiger partial charge in [-0.15, -0.1) is 55.4 Å². The monoisotopic (exact) mass is 352 g/mol. The Morgan fingerprint density at radius 3 is 1.31 bits per heavy atom. The minimum absolute atomic E-state index is 0.0463. The van der Waals surface area contributed by atoms with E-state index in [0.29, 0.717) is 0 Å². The third-order valence-electron chi connectivity index (χ3n) is 3.35. The van der Waals surface area contributed by atoms with Gasteiger partial charge in [0.05, 0.1) is 0 Å². The minimum Gasteiger partial charge on any atom is -0.144 e. The molecule has 0 saturated carbocycles. The van der Waals surface area contributed by atoms with Gasteiger partial charge < -0.3 is 0 Å². The second-order valence-electron chi connectivity index (χ2n) is 4.17. The molecule has 0 unspecified atom stereocenters. The first-order valence-corrected chi connectivity index (χ1v) is 14.9. The predicted molar refractivity (Wildman–Crippen MR) is 81.3 cm³/mol. The smallest absolute Gasteiger partial charge is 0.144 e.